The quantitative estimate of drug-likeness (QED) is 0.147. The van der Waals surface area contributed by atoms with Crippen molar-refractivity contribution in [1.82, 2.24) is 25.8 Å². The minimum atomic E-state index is -0.0937. The van der Waals surface area contributed by atoms with Crippen LogP contribution >= 0.6 is 0 Å². The van der Waals surface area contributed by atoms with Gasteiger partial charge in [0.25, 0.3) is 0 Å². The van der Waals surface area contributed by atoms with E-state index in [1.807, 2.05) is 0 Å². The Morgan fingerprint density at radius 1 is 0.519 bits per heavy atom. The standard InChI is InChI=1S/C47H41N5/c1-47(2)39-19-11-9-17-35(39)37-27-38-36-18-10-12-20-42(36)52(43(38)28-40(37)47)34-25-26-41(48-29-34)46-50-44(32-15-7-4-8-16-32)49-45(51-46)33-23-21-31(22-24-33)30-13-5-3-6-14-30/h3-28,44-46,48-51H,29H2,1-2H3. The van der Waals surface area contributed by atoms with E-state index in [9.17, 15) is 0 Å². The zero-order valence-electron chi connectivity index (χ0n) is 29.4. The molecule has 1 aromatic heterocycles. The molecule has 3 unspecified atom stereocenters. The van der Waals surface area contributed by atoms with Crippen LogP contribution in [-0.4, -0.2) is 17.3 Å². The lowest BCUT2D eigenvalue weighted by molar-refractivity contribution is 0.217. The van der Waals surface area contributed by atoms with Gasteiger partial charge in [0, 0.05) is 27.6 Å². The van der Waals surface area contributed by atoms with Crippen molar-refractivity contribution in [2.75, 3.05) is 6.54 Å². The molecule has 52 heavy (non-hydrogen) atoms. The molecule has 0 amide bonds. The fourth-order valence-electron chi connectivity index (χ4n) is 8.67. The zero-order chi connectivity index (χ0) is 34.8. The number of aromatic nitrogens is 1. The summed E-state index contributed by atoms with van der Waals surface area (Å²) in [5, 5.41) is 17.9. The van der Waals surface area contributed by atoms with E-state index < -0.39 is 0 Å². The summed E-state index contributed by atoms with van der Waals surface area (Å²) in [5.41, 5.74) is 15.1. The largest absolute Gasteiger partial charge is 0.380 e. The summed E-state index contributed by atoms with van der Waals surface area (Å²) < 4.78 is 2.47. The van der Waals surface area contributed by atoms with Crippen molar-refractivity contribution in [1.29, 1.82) is 0 Å². The molecule has 3 aliphatic rings. The number of fused-ring (bicyclic) bond motifs is 6. The molecular formula is C47H41N5. The van der Waals surface area contributed by atoms with E-state index in [1.165, 1.54) is 72.0 Å². The van der Waals surface area contributed by atoms with Gasteiger partial charge < -0.3 is 9.88 Å². The van der Waals surface area contributed by atoms with Crippen molar-refractivity contribution in [3.63, 3.8) is 0 Å². The molecule has 0 radical (unpaired) electrons. The Balaban J connectivity index is 1.01. The minimum Gasteiger partial charge on any atom is -0.380 e. The van der Waals surface area contributed by atoms with E-state index in [2.05, 4.69) is 197 Å². The topological polar surface area (TPSA) is 53.1 Å². The number of nitrogens with zero attached hydrogens (tertiary/aromatic N) is 1. The van der Waals surface area contributed by atoms with E-state index in [4.69, 9.17) is 0 Å². The van der Waals surface area contributed by atoms with Gasteiger partial charge in [-0.1, -0.05) is 141 Å². The van der Waals surface area contributed by atoms with Crippen LogP contribution in [0.4, 0.5) is 0 Å². The maximum absolute atomic E-state index is 3.86. The number of hydrogen-bond acceptors (Lipinski definition) is 4. The summed E-state index contributed by atoms with van der Waals surface area (Å²) in [4.78, 5) is 0. The predicted octanol–water partition coefficient (Wildman–Crippen LogP) is 9.60. The second-order valence-corrected chi connectivity index (χ2v) is 14.8. The Kier molecular flexibility index (Phi) is 7.29. The molecule has 3 heterocycles. The number of benzene rings is 6. The SMILES string of the molecule is CC1(C)c2ccccc2-c2cc3c4ccccc4n(C4=CC=C(C5NC(c6ccccc6)NC(c6ccc(-c7ccccc7)cc6)N5)NC4)c3cc21. The highest BCUT2D eigenvalue weighted by atomic mass is 15.4. The summed E-state index contributed by atoms with van der Waals surface area (Å²) >= 11 is 0. The molecule has 6 aromatic carbocycles. The van der Waals surface area contributed by atoms with Crippen molar-refractivity contribution in [2.24, 2.45) is 0 Å². The first-order chi connectivity index (χ1) is 25.5. The Bertz CT molecular complexity index is 2530. The summed E-state index contributed by atoms with van der Waals surface area (Å²) in [6.07, 6.45) is 4.37. The van der Waals surface area contributed by atoms with Crippen molar-refractivity contribution in [3.8, 4) is 22.3 Å². The third-order valence-corrected chi connectivity index (χ3v) is 11.4. The van der Waals surface area contributed by atoms with Crippen molar-refractivity contribution in [3.05, 3.63) is 186 Å². The molecule has 0 saturated carbocycles. The molecule has 10 rings (SSSR count). The molecular weight excluding hydrogens is 635 g/mol. The molecule has 3 atom stereocenters. The maximum atomic E-state index is 3.86. The van der Waals surface area contributed by atoms with Crippen molar-refractivity contribution < 1.29 is 0 Å². The summed E-state index contributed by atoms with van der Waals surface area (Å²) in [6, 6.07) is 52.7. The predicted molar refractivity (Wildman–Crippen MR) is 214 cm³/mol. The van der Waals surface area contributed by atoms with E-state index in [-0.39, 0.29) is 23.9 Å². The number of rotatable bonds is 5. The molecule has 0 spiro atoms. The summed E-state index contributed by atoms with van der Waals surface area (Å²) in [5.74, 6) is 0. The Morgan fingerprint density at radius 2 is 1.15 bits per heavy atom. The van der Waals surface area contributed by atoms with Gasteiger partial charge in [0.05, 0.1) is 29.9 Å². The van der Waals surface area contributed by atoms with Crippen LogP contribution in [0.3, 0.4) is 0 Å². The molecule has 5 nitrogen and oxygen atoms in total. The lowest BCUT2D eigenvalue weighted by Crippen LogP contribution is -2.61. The minimum absolute atomic E-state index is 0.0359. The van der Waals surface area contributed by atoms with Crippen LogP contribution in [0.5, 0.6) is 0 Å². The van der Waals surface area contributed by atoms with Crippen LogP contribution in [0, 0.1) is 0 Å². The molecule has 1 aliphatic carbocycles. The van der Waals surface area contributed by atoms with Gasteiger partial charge in [-0.25, -0.2) is 0 Å². The number of nitrogens with one attached hydrogen (secondary N) is 4. The molecule has 1 saturated heterocycles. The smallest absolute Gasteiger partial charge is 0.101 e. The Hall–Kier alpha value is -5.72. The van der Waals surface area contributed by atoms with Gasteiger partial charge in [-0.2, -0.15) is 0 Å². The van der Waals surface area contributed by atoms with E-state index in [1.54, 1.807) is 0 Å². The lowest BCUT2D eigenvalue weighted by Gasteiger charge is -2.41. The fraction of sp³-hybridized carbons (Fsp3) is 0.149. The van der Waals surface area contributed by atoms with Crippen LogP contribution in [0.25, 0.3) is 49.8 Å². The third kappa shape index (κ3) is 5.04. The van der Waals surface area contributed by atoms with Crippen LogP contribution in [0.1, 0.15) is 48.4 Å². The highest BCUT2D eigenvalue weighted by Crippen LogP contribution is 2.51. The van der Waals surface area contributed by atoms with Gasteiger partial charge >= 0.3 is 0 Å². The Labute approximate surface area is 304 Å². The zero-order valence-corrected chi connectivity index (χ0v) is 29.4. The highest BCUT2D eigenvalue weighted by Gasteiger charge is 2.36. The number of dihydropyridines is 1. The third-order valence-electron chi connectivity index (χ3n) is 11.4. The van der Waals surface area contributed by atoms with Gasteiger partial charge in [-0.05, 0) is 74.9 Å². The second kappa shape index (κ2) is 12.2. The average molecular weight is 676 g/mol. The van der Waals surface area contributed by atoms with E-state index >= 15 is 0 Å². The van der Waals surface area contributed by atoms with Crippen LogP contribution < -0.4 is 21.3 Å². The molecule has 254 valence electrons. The molecule has 5 heteroatoms. The first kappa shape index (κ1) is 31.1. The van der Waals surface area contributed by atoms with Gasteiger partial charge in [-0.15, -0.1) is 0 Å². The van der Waals surface area contributed by atoms with Gasteiger partial charge in [0.2, 0.25) is 0 Å². The molecule has 7 aromatic rings. The van der Waals surface area contributed by atoms with Gasteiger partial charge in [0.1, 0.15) is 6.17 Å². The van der Waals surface area contributed by atoms with E-state index in [0.29, 0.717) is 6.54 Å². The number of allylic oxidation sites excluding steroid dienone is 2. The summed E-state index contributed by atoms with van der Waals surface area (Å²) in [7, 11) is 0. The summed E-state index contributed by atoms with van der Waals surface area (Å²) in [6.45, 7) is 5.43. The maximum Gasteiger partial charge on any atom is 0.101 e. The fourth-order valence-corrected chi connectivity index (χ4v) is 8.67. The van der Waals surface area contributed by atoms with Crippen LogP contribution in [-0.2, 0) is 5.41 Å². The first-order valence-electron chi connectivity index (χ1n) is 18.3. The number of hydrogen-bond donors (Lipinski definition) is 4. The van der Waals surface area contributed by atoms with E-state index in [0.717, 1.165) is 5.70 Å². The molecule has 1 fully saturated rings. The average Bonchev–Trinajstić information content (AvgIpc) is 3.65. The van der Waals surface area contributed by atoms with Crippen molar-refractivity contribution >= 4 is 27.5 Å². The number of para-hydroxylation sites is 1. The van der Waals surface area contributed by atoms with Crippen LogP contribution in [0.15, 0.2) is 163 Å². The lowest BCUT2D eigenvalue weighted by atomic mass is 9.82. The highest BCUT2D eigenvalue weighted by molar-refractivity contribution is 6.12. The monoisotopic (exact) mass is 675 g/mol. The Morgan fingerprint density at radius 3 is 1.90 bits per heavy atom. The second-order valence-electron chi connectivity index (χ2n) is 14.8. The van der Waals surface area contributed by atoms with Gasteiger partial charge in [-0.3, -0.25) is 16.0 Å². The van der Waals surface area contributed by atoms with Gasteiger partial charge in [0.15, 0.2) is 0 Å². The first-order valence-corrected chi connectivity index (χ1v) is 18.3. The molecule has 2 aliphatic heterocycles. The molecule has 4 N–H and O–H groups in total. The van der Waals surface area contributed by atoms with Crippen molar-refractivity contribution in [2.45, 2.75) is 37.8 Å². The van der Waals surface area contributed by atoms with Crippen LogP contribution in [0.2, 0.25) is 0 Å². The molecule has 0 bridgehead atoms. The normalized spacial score (nSPS) is 20.5.